The molecule has 1 aromatic carbocycles. The second kappa shape index (κ2) is 7.00. The number of alkyl halides is 3. The van der Waals surface area contributed by atoms with Gasteiger partial charge in [-0.1, -0.05) is 33.3 Å². The standard InChI is InChI=1S/C16H24F3N/c1-5-11(3)9-13(6-2)20-14-8-7-12(4)15(10-14)16(17,18)19/h7-8,10-11,13,20H,5-6,9H2,1-4H3. The van der Waals surface area contributed by atoms with Gasteiger partial charge in [0.05, 0.1) is 5.56 Å². The third-order valence-electron chi connectivity index (χ3n) is 3.79. The molecular formula is C16H24F3N. The van der Waals surface area contributed by atoms with Crippen LogP contribution < -0.4 is 5.32 Å². The molecule has 0 radical (unpaired) electrons. The van der Waals surface area contributed by atoms with Crippen LogP contribution in [0.3, 0.4) is 0 Å². The fraction of sp³-hybridized carbons (Fsp3) is 0.625. The maximum atomic E-state index is 12.9. The van der Waals surface area contributed by atoms with Crippen molar-refractivity contribution in [3.63, 3.8) is 0 Å². The summed E-state index contributed by atoms with van der Waals surface area (Å²) in [5.41, 5.74) is 0.261. The number of hydrogen-bond donors (Lipinski definition) is 1. The molecule has 0 amide bonds. The molecule has 0 saturated carbocycles. The number of benzene rings is 1. The van der Waals surface area contributed by atoms with E-state index in [1.165, 1.54) is 19.1 Å². The molecule has 0 heterocycles. The zero-order valence-electron chi connectivity index (χ0n) is 12.6. The SMILES string of the molecule is CCC(C)CC(CC)Nc1ccc(C)c(C(F)(F)F)c1. The minimum atomic E-state index is -4.29. The van der Waals surface area contributed by atoms with Crippen molar-refractivity contribution >= 4 is 5.69 Å². The Morgan fingerprint density at radius 1 is 1.15 bits per heavy atom. The fourth-order valence-corrected chi connectivity index (χ4v) is 2.23. The molecule has 4 heteroatoms. The molecule has 1 aromatic rings. The average molecular weight is 287 g/mol. The van der Waals surface area contributed by atoms with Gasteiger partial charge in [0.2, 0.25) is 0 Å². The number of halogens is 3. The lowest BCUT2D eigenvalue weighted by atomic mass is 9.97. The van der Waals surface area contributed by atoms with E-state index in [0.717, 1.165) is 19.3 Å². The van der Waals surface area contributed by atoms with E-state index < -0.39 is 11.7 Å². The predicted octanol–water partition coefficient (Wildman–Crippen LogP) is 5.64. The van der Waals surface area contributed by atoms with Gasteiger partial charge in [-0.25, -0.2) is 0 Å². The molecule has 0 fully saturated rings. The zero-order valence-corrected chi connectivity index (χ0v) is 12.6. The highest BCUT2D eigenvalue weighted by Gasteiger charge is 2.32. The molecule has 2 atom stereocenters. The van der Waals surface area contributed by atoms with Crippen molar-refractivity contribution in [1.82, 2.24) is 0 Å². The minimum absolute atomic E-state index is 0.216. The number of rotatable bonds is 6. The monoisotopic (exact) mass is 287 g/mol. The van der Waals surface area contributed by atoms with Crippen LogP contribution in [0.1, 0.15) is 51.2 Å². The van der Waals surface area contributed by atoms with Crippen LogP contribution in [0.2, 0.25) is 0 Å². The maximum Gasteiger partial charge on any atom is 0.416 e. The minimum Gasteiger partial charge on any atom is -0.382 e. The number of hydrogen-bond acceptors (Lipinski definition) is 1. The highest BCUT2D eigenvalue weighted by molar-refractivity contribution is 5.50. The zero-order chi connectivity index (χ0) is 15.3. The summed E-state index contributed by atoms with van der Waals surface area (Å²) in [6.07, 6.45) is -1.33. The topological polar surface area (TPSA) is 12.0 Å². The predicted molar refractivity (Wildman–Crippen MR) is 78.0 cm³/mol. The first-order valence-electron chi connectivity index (χ1n) is 7.22. The Hall–Kier alpha value is -1.19. The second-order valence-electron chi connectivity index (χ2n) is 5.53. The lowest BCUT2D eigenvalue weighted by Gasteiger charge is -2.22. The van der Waals surface area contributed by atoms with Crippen molar-refractivity contribution in [2.24, 2.45) is 5.92 Å². The molecule has 2 unspecified atom stereocenters. The van der Waals surface area contributed by atoms with Gasteiger partial charge < -0.3 is 5.32 Å². The van der Waals surface area contributed by atoms with Gasteiger partial charge in [0.25, 0.3) is 0 Å². The van der Waals surface area contributed by atoms with Crippen LogP contribution in [0.5, 0.6) is 0 Å². The first-order chi connectivity index (χ1) is 9.27. The molecule has 0 spiro atoms. The summed E-state index contributed by atoms with van der Waals surface area (Å²) in [6.45, 7) is 7.84. The van der Waals surface area contributed by atoms with Gasteiger partial charge in [-0.2, -0.15) is 13.2 Å². The van der Waals surface area contributed by atoms with Gasteiger partial charge in [-0.15, -0.1) is 0 Å². The van der Waals surface area contributed by atoms with Crippen LogP contribution in [-0.4, -0.2) is 6.04 Å². The van der Waals surface area contributed by atoms with Crippen LogP contribution in [-0.2, 0) is 6.18 Å². The van der Waals surface area contributed by atoms with Gasteiger partial charge in [0.15, 0.2) is 0 Å². The first-order valence-corrected chi connectivity index (χ1v) is 7.22. The summed E-state index contributed by atoms with van der Waals surface area (Å²) < 4.78 is 38.7. The van der Waals surface area contributed by atoms with Gasteiger partial charge in [0, 0.05) is 11.7 Å². The van der Waals surface area contributed by atoms with Crippen molar-refractivity contribution in [2.45, 2.75) is 59.2 Å². The summed E-state index contributed by atoms with van der Waals surface area (Å²) in [4.78, 5) is 0. The Morgan fingerprint density at radius 3 is 2.30 bits per heavy atom. The van der Waals surface area contributed by atoms with Crippen molar-refractivity contribution in [1.29, 1.82) is 0 Å². The molecular weight excluding hydrogens is 263 g/mol. The Morgan fingerprint density at radius 2 is 1.80 bits per heavy atom. The summed E-state index contributed by atoms with van der Waals surface area (Å²) >= 11 is 0. The van der Waals surface area contributed by atoms with Gasteiger partial charge in [-0.05, 0) is 43.4 Å². The van der Waals surface area contributed by atoms with E-state index in [2.05, 4.69) is 26.1 Å². The molecule has 0 bridgehead atoms. The summed E-state index contributed by atoms with van der Waals surface area (Å²) in [5, 5.41) is 3.23. The normalized spacial score (nSPS) is 14.9. The van der Waals surface area contributed by atoms with E-state index in [9.17, 15) is 13.2 Å². The highest BCUT2D eigenvalue weighted by atomic mass is 19.4. The molecule has 1 N–H and O–H groups in total. The fourth-order valence-electron chi connectivity index (χ4n) is 2.23. The van der Waals surface area contributed by atoms with E-state index in [4.69, 9.17) is 0 Å². The molecule has 0 aromatic heterocycles. The third-order valence-corrected chi connectivity index (χ3v) is 3.79. The van der Waals surface area contributed by atoms with Crippen molar-refractivity contribution in [2.75, 3.05) is 5.32 Å². The summed E-state index contributed by atoms with van der Waals surface area (Å²) in [5.74, 6) is 0.569. The lowest BCUT2D eigenvalue weighted by molar-refractivity contribution is -0.138. The number of nitrogens with one attached hydrogen (secondary N) is 1. The van der Waals surface area contributed by atoms with Crippen LogP contribution in [0.25, 0.3) is 0 Å². The van der Waals surface area contributed by atoms with Crippen LogP contribution in [0.4, 0.5) is 18.9 Å². The molecule has 20 heavy (non-hydrogen) atoms. The van der Waals surface area contributed by atoms with Crippen LogP contribution >= 0.6 is 0 Å². The van der Waals surface area contributed by atoms with Crippen LogP contribution in [0, 0.1) is 12.8 Å². The van der Waals surface area contributed by atoms with E-state index in [1.54, 1.807) is 6.07 Å². The third kappa shape index (κ3) is 4.73. The molecule has 1 nitrogen and oxygen atoms in total. The molecule has 0 aliphatic heterocycles. The van der Waals surface area contributed by atoms with E-state index in [0.29, 0.717) is 11.6 Å². The Kier molecular flexibility index (Phi) is 5.90. The largest absolute Gasteiger partial charge is 0.416 e. The van der Waals surface area contributed by atoms with Gasteiger partial charge in [-0.3, -0.25) is 0 Å². The highest BCUT2D eigenvalue weighted by Crippen LogP contribution is 2.33. The van der Waals surface area contributed by atoms with Crippen molar-refractivity contribution in [3.8, 4) is 0 Å². The molecule has 114 valence electrons. The Bertz CT molecular complexity index is 426. The smallest absolute Gasteiger partial charge is 0.382 e. The molecule has 0 aliphatic rings. The molecule has 0 saturated heterocycles. The van der Waals surface area contributed by atoms with E-state index >= 15 is 0 Å². The quantitative estimate of drug-likeness (QED) is 0.714. The lowest BCUT2D eigenvalue weighted by Crippen LogP contribution is -2.21. The second-order valence-corrected chi connectivity index (χ2v) is 5.53. The Labute approximate surface area is 119 Å². The number of aryl methyl sites for hydroxylation is 1. The van der Waals surface area contributed by atoms with Gasteiger partial charge in [0.1, 0.15) is 0 Å². The molecule has 0 aliphatic carbocycles. The van der Waals surface area contributed by atoms with Crippen LogP contribution in [0.15, 0.2) is 18.2 Å². The number of anilines is 1. The van der Waals surface area contributed by atoms with Crippen molar-refractivity contribution in [3.05, 3.63) is 29.3 Å². The summed E-state index contributed by atoms with van der Waals surface area (Å²) in [7, 11) is 0. The maximum absolute atomic E-state index is 12.9. The van der Waals surface area contributed by atoms with E-state index in [-0.39, 0.29) is 11.6 Å². The average Bonchev–Trinajstić information content (AvgIpc) is 2.38. The van der Waals surface area contributed by atoms with Crippen molar-refractivity contribution < 1.29 is 13.2 Å². The Balaban J connectivity index is 2.86. The van der Waals surface area contributed by atoms with Gasteiger partial charge >= 0.3 is 6.18 Å². The van der Waals surface area contributed by atoms with E-state index in [1.807, 2.05) is 0 Å². The molecule has 1 rings (SSSR count). The first kappa shape index (κ1) is 16.9. The summed E-state index contributed by atoms with van der Waals surface area (Å²) in [6, 6.07) is 4.69.